The highest BCUT2D eigenvalue weighted by Gasteiger charge is 2.24. The summed E-state index contributed by atoms with van der Waals surface area (Å²) in [6.07, 6.45) is 1.57. The Balaban J connectivity index is 4.25. The zero-order valence-corrected chi connectivity index (χ0v) is 8.79. The van der Waals surface area contributed by atoms with Gasteiger partial charge in [-0.05, 0) is 24.7 Å². The van der Waals surface area contributed by atoms with E-state index in [1.807, 2.05) is 6.92 Å². The summed E-state index contributed by atoms with van der Waals surface area (Å²) in [6, 6.07) is 0. The van der Waals surface area contributed by atoms with Crippen LogP contribution in [0.3, 0.4) is 0 Å². The van der Waals surface area contributed by atoms with Crippen molar-refractivity contribution in [3.63, 3.8) is 0 Å². The molecule has 78 valence electrons. The molecule has 1 unspecified atom stereocenters. The van der Waals surface area contributed by atoms with Gasteiger partial charge in [-0.3, -0.25) is 4.79 Å². The topological polar surface area (TPSA) is 63.3 Å². The van der Waals surface area contributed by atoms with E-state index in [-0.39, 0.29) is 24.3 Å². The predicted octanol–water partition coefficient (Wildman–Crippen LogP) is 1.15. The van der Waals surface area contributed by atoms with Crippen LogP contribution in [0.25, 0.3) is 0 Å². The SMILES string of the molecule is CCC(C(N)=O)[C@@H](CO)CC(C)C. The molecule has 0 aromatic rings. The van der Waals surface area contributed by atoms with Crippen molar-refractivity contribution in [2.45, 2.75) is 33.6 Å². The Morgan fingerprint density at radius 3 is 2.23 bits per heavy atom. The van der Waals surface area contributed by atoms with Crippen LogP contribution < -0.4 is 5.73 Å². The zero-order valence-electron chi connectivity index (χ0n) is 8.79. The summed E-state index contributed by atoms with van der Waals surface area (Å²) in [5.41, 5.74) is 5.25. The van der Waals surface area contributed by atoms with E-state index in [2.05, 4.69) is 13.8 Å². The van der Waals surface area contributed by atoms with Gasteiger partial charge in [-0.1, -0.05) is 20.8 Å². The van der Waals surface area contributed by atoms with Gasteiger partial charge in [0.15, 0.2) is 0 Å². The van der Waals surface area contributed by atoms with Gasteiger partial charge in [0.2, 0.25) is 5.91 Å². The van der Waals surface area contributed by atoms with E-state index in [0.717, 1.165) is 6.42 Å². The van der Waals surface area contributed by atoms with Crippen molar-refractivity contribution in [1.82, 2.24) is 0 Å². The molecule has 2 atom stereocenters. The maximum Gasteiger partial charge on any atom is 0.220 e. The normalized spacial score (nSPS) is 15.8. The molecular formula is C10H21NO2. The minimum absolute atomic E-state index is 0.0301. The Bertz CT molecular complexity index is 157. The number of primary amides is 1. The molecule has 1 amide bonds. The molecule has 0 aromatic carbocycles. The molecule has 0 heterocycles. The van der Waals surface area contributed by atoms with Gasteiger partial charge in [-0.25, -0.2) is 0 Å². The van der Waals surface area contributed by atoms with Crippen molar-refractivity contribution in [1.29, 1.82) is 0 Å². The summed E-state index contributed by atoms with van der Waals surface area (Å²) in [4.78, 5) is 11.0. The molecule has 0 radical (unpaired) electrons. The molecular weight excluding hydrogens is 166 g/mol. The first-order valence-electron chi connectivity index (χ1n) is 4.93. The quantitative estimate of drug-likeness (QED) is 0.655. The molecule has 0 aromatic heterocycles. The van der Waals surface area contributed by atoms with Crippen molar-refractivity contribution in [2.75, 3.05) is 6.61 Å². The third-order valence-corrected chi connectivity index (χ3v) is 2.38. The van der Waals surface area contributed by atoms with Crippen LogP contribution in [0, 0.1) is 17.8 Å². The van der Waals surface area contributed by atoms with Crippen LogP contribution in [0.1, 0.15) is 33.6 Å². The van der Waals surface area contributed by atoms with Crippen molar-refractivity contribution < 1.29 is 9.90 Å². The lowest BCUT2D eigenvalue weighted by Gasteiger charge is -2.23. The van der Waals surface area contributed by atoms with Crippen molar-refractivity contribution in [3.8, 4) is 0 Å². The van der Waals surface area contributed by atoms with Gasteiger partial charge < -0.3 is 10.8 Å². The van der Waals surface area contributed by atoms with E-state index in [1.54, 1.807) is 0 Å². The monoisotopic (exact) mass is 187 g/mol. The van der Waals surface area contributed by atoms with Gasteiger partial charge in [-0.15, -0.1) is 0 Å². The predicted molar refractivity (Wildman–Crippen MR) is 53.0 cm³/mol. The number of rotatable bonds is 6. The zero-order chi connectivity index (χ0) is 10.4. The van der Waals surface area contributed by atoms with Gasteiger partial charge >= 0.3 is 0 Å². The summed E-state index contributed by atoms with van der Waals surface area (Å²) < 4.78 is 0. The maximum absolute atomic E-state index is 11.0. The minimum atomic E-state index is -0.290. The van der Waals surface area contributed by atoms with Crippen LogP contribution >= 0.6 is 0 Å². The number of hydrogen-bond acceptors (Lipinski definition) is 2. The van der Waals surface area contributed by atoms with Crippen LogP contribution in [0.15, 0.2) is 0 Å². The lowest BCUT2D eigenvalue weighted by Crippen LogP contribution is -2.32. The van der Waals surface area contributed by atoms with Crippen molar-refractivity contribution >= 4 is 5.91 Å². The minimum Gasteiger partial charge on any atom is -0.396 e. The molecule has 0 aliphatic carbocycles. The molecule has 3 nitrogen and oxygen atoms in total. The first-order chi connectivity index (χ1) is 6.02. The van der Waals surface area contributed by atoms with Gasteiger partial charge in [0, 0.05) is 12.5 Å². The molecule has 0 aliphatic rings. The molecule has 13 heavy (non-hydrogen) atoms. The number of carbonyl (C=O) groups excluding carboxylic acids is 1. The maximum atomic E-state index is 11.0. The smallest absolute Gasteiger partial charge is 0.220 e. The molecule has 0 rings (SSSR count). The number of aliphatic hydroxyl groups excluding tert-OH is 1. The Labute approximate surface area is 80.3 Å². The number of carbonyl (C=O) groups is 1. The third-order valence-electron chi connectivity index (χ3n) is 2.38. The molecule has 0 aliphatic heterocycles. The van der Waals surface area contributed by atoms with Crippen molar-refractivity contribution in [3.05, 3.63) is 0 Å². The molecule has 0 spiro atoms. The highest BCUT2D eigenvalue weighted by Crippen LogP contribution is 2.22. The van der Waals surface area contributed by atoms with Gasteiger partial charge in [0.1, 0.15) is 0 Å². The standard InChI is InChI=1S/C10H21NO2/c1-4-9(10(11)13)8(6-12)5-7(2)3/h7-9,12H,4-6H2,1-3H3,(H2,11,13)/t8-,9?/m1/s1. The van der Waals surface area contributed by atoms with E-state index < -0.39 is 0 Å². The summed E-state index contributed by atoms with van der Waals surface area (Å²) in [6.45, 7) is 6.14. The number of nitrogens with two attached hydrogens (primary N) is 1. The Hall–Kier alpha value is -0.570. The van der Waals surface area contributed by atoms with Crippen LogP contribution in [0.2, 0.25) is 0 Å². The molecule has 0 saturated heterocycles. The first kappa shape index (κ1) is 12.4. The summed E-state index contributed by atoms with van der Waals surface area (Å²) >= 11 is 0. The molecule has 3 heteroatoms. The van der Waals surface area contributed by atoms with Crippen LogP contribution in [-0.4, -0.2) is 17.6 Å². The fourth-order valence-corrected chi connectivity index (χ4v) is 1.74. The van der Waals surface area contributed by atoms with E-state index in [9.17, 15) is 4.79 Å². The number of amides is 1. The fraction of sp³-hybridized carbons (Fsp3) is 0.900. The van der Waals surface area contributed by atoms with E-state index >= 15 is 0 Å². The van der Waals surface area contributed by atoms with E-state index in [0.29, 0.717) is 12.3 Å². The Kier molecular flexibility index (Phi) is 5.71. The first-order valence-corrected chi connectivity index (χ1v) is 4.93. The number of aliphatic hydroxyl groups is 1. The lowest BCUT2D eigenvalue weighted by molar-refractivity contribution is -0.124. The average Bonchev–Trinajstić information content (AvgIpc) is 2.02. The van der Waals surface area contributed by atoms with Crippen LogP contribution in [0.5, 0.6) is 0 Å². The van der Waals surface area contributed by atoms with E-state index in [1.165, 1.54) is 0 Å². The lowest BCUT2D eigenvalue weighted by atomic mass is 9.84. The van der Waals surface area contributed by atoms with Gasteiger partial charge in [-0.2, -0.15) is 0 Å². The van der Waals surface area contributed by atoms with Gasteiger partial charge in [0.05, 0.1) is 0 Å². The van der Waals surface area contributed by atoms with Crippen LogP contribution in [-0.2, 0) is 4.79 Å². The average molecular weight is 187 g/mol. The van der Waals surface area contributed by atoms with Gasteiger partial charge in [0.25, 0.3) is 0 Å². The highest BCUT2D eigenvalue weighted by molar-refractivity contribution is 5.76. The fourth-order valence-electron chi connectivity index (χ4n) is 1.74. The largest absolute Gasteiger partial charge is 0.396 e. The second-order valence-electron chi connectivity index (χ2n) is 3.99. The molecule has 0 bridgehead atoms. The second kappa shape index (κ2) is 5.97. The van der Waals surface area contributed by atoms with Crippen LogP contribution in [0.4, 0.5) is 0 Å². The Morgan fingerprint density at radius 2 is 2.00 bits per heavy atom. The summed E-state index contributed by atoms with van der Waals surface area (Å²) in [7, 11) is 0. The summed E-state index contributed by atoms with van der Waals surface area (Å²) in [5, 5.41) is 9.12. The highest BCUT2D eigenvalue weighted by atomic mass is 16.3. The number of hydrogen-bond donors (Lipinski definition) is 2. The molecule has 0 fully saturated rings. The molecule has 3 N–H and O–H groups in total. The Morgan fingerprint density at radius 1 is 1.46 bits per heavy atom. The van der Waals surface area contributed by atoms with E-state index in [4.69, 9.17) is 10.8 Å². The third kappa shape index (κ3) is 4.27. The second-order valence-corrected chi connectivity index (χ2v) is 3.99. The molecule has 0 saturated carbocycles. The summed E-state index contributed by atoms with van der Waals surface area (Å²) in [5.74, 6) is 0.0580. The van der Waals surface area contributed by atoms with Crippen molar-refractivity contribution in [2.24, 2.45) is 23.5 Å².